The van der Waals surface area contributed by atoms with Crippen molar-refractivity contribution >= 4 is 11.9 Å². The molecule has 2 aliphatic rings. The molecule has 19 heavy (non-hydrogen) atoms. The quantitative estimate of drug-likeness (QED) is 0.649. The summed E-state index contributed by atoms with van der Waals surface area (Å²) in [6.45, 7) is -1.01. The van der Waals surface area contributed by atoms with Gasteiger partial charge in [0.15, 0.2) is 5.60 Å². The maximum absolute atomic E-state index is 12.6. The molecular weight excluding hydrogens is 267 g/mol. The smallest absolute Gasteiger partial charge is 0.379 e. The van der Waals surface area contributed by atoms with Crippen LogP contribution in [0.4, 0.5) is 18.0 Å². The topological polar surface area (TPSA) is 95.7 Å². The number of alkyl halides is 3. The highest BCUT2D eigenvalue weighted by Crippen LogP contribution is 2.42. The zero-order valence-corrected chi connectivity index (χ0v) is 9.96. The number of hydrogen-bond donors (Lipinski definition) is 3. The summed E-state index contributed by atoms with van der Waals surface area (Å²) in [7, 11) is 0. The van der Waals surface area contributed by atoms with Crippen molar-refractivity contribution in [3.05, 3.63) is 0 Å². The minimum absolute atomic E-state index is 0.197. The number of amides is 3. The van der Waals surface area contributed by atoms with E-state index in [0.717, 1.165) is 4.90 Å². The molecule has 1 unspecified atom stereocenters. The Morgan fingerprint density at radius 1 is 1.26 bits per heavy atom. The lowest BCUT2D eigenvalue weighted by atomic mass is 10.0. The van der Waals surface area contributed by atoms with Crippen LogP contribution in [0, 0.1) is 0 Å². The van der Waals surface area contributed by atoms with Crippen molar-refractivity contribution in [2.24, 2.45) is 5.73 Å². The van der Waals surface area contributed by atoms with Crippen molar-refractivity contribution in [1.29, 1.82) is 0 Å². The predicted molar refractivity (Wildman–Crippen MR) is 56.9 cm³/mol. The fourth-order valence-electron chi connectivity index (χ4n) is 2.25. The van der Waals surface area contributed by atoms with E-state index < -0.39 is 42.2 Å². The molecule has 108 valence electrons. The van der Waals surface area contributed by atoms with Gasteiger partial charge < -0.3 is 21.1 Å². The molecule has 4 N–H and O–H groups in total. The van der Waals surface area contributed by atoms with E-state index in [1.54, 1.807) is 0 Å². The first kappa shape index (κ1) is 13.9. The number of aliphatic hydroxyl groups is 1. The Bertz CT molecular complexity index is 422. The van der Waals surface area contributed by atoms with E-state index in [9.17, 15) is 27.9 Å². The number of primary amides is 1. The molecule has 1 heterocycles. The maximum Gasteiger partial charge on any atom is 0.419 e. The second-order valence-corrected chi connectivity index (χ2v) is 5.08. The van der Waals surface area contributed by atoms with Gasteiger partial charge >= 0.3 is 12.2 Å². The van der Waals surface area contributed by atoms with Crippen LogP contribution in [0.1, 0.15) is 19.3 Å². The number of nitrogens with one attached hydrogen (secondary N) is 1. The molecule has 2 rings (SSSR count). The van der Waals surface area contributed by atoms with Crippen molar-refractivity contribution in [2.45, 2.75) is 36.6 Å². The number of nitrogens with two attached hydrogens (primary N) is 1. The fourth-order valence-corrected chi connectivity index (χ4v) is 2.25. The largest absolute Gasteiger partial charge is 0.419 e. The molecule has 9 heteroatoms. The van der Waals surface area contributed by atoms with Crippen LogP contribution in [0.5, 0.6) is 0 Å². The molecule has 6 nitrogen and oxygen atoms in total. The third-order valence-corrected chi connectivity index (χ3v) is 3.58. The number of halogens is 3. The summed E-state index contributed by atoms with van der Waals surface area (Å²) in [5, 5.41) is 11.7. The summed E-state index contributed by atoms with van der Waals surface area (Å²) < 4.78 is 37.9. The van der Waals surface area contributed by atoms with Crippen molar-refractivity contribution in [3.8, 4) is 0 Å². The van der Waals surface area contributed by atoms with Gasteiger partial charge in [-0.05, 0) is 12.8 Å². The van der Waals surface area contributed by atoms with Gasteiger partial charge in [-0.15, -0.1) is 0 Å². The van der Waals surface area contributed by atoms with E-state index in [1.165, 1.54) is 0 Å². The van der Waals surface area contributed by atoms with Gasteiger partial charge in [-0.3, -0.25) is 4.79 Å². The third kappa shape index (κ3) is 2.34. The predicted octanol–water partition coefficient (Wildman–Crippen LogP) is -0.287. The van der Waals surface area contributed by atoms with Crippen LogP contribution in [0.2, 0.25) is 0 Å². The van der Waals surface area contributed by atoms with Crippen LogP contribution in [0.3, 0.4) is 0 Å². The number of carbonyl (C=O) groups is 2. The lowest BCUT2D eigenvalue weighted by Crippen LogP contribution is -2.54. The lowest BCUT2D eigenvalue weighted by molar-refractivity contribution is -0.253. The van der Waals surface area contributed by atoms with Crippen LogP contribution < -0.4 is 11.1 Å². The van der Waals surface area contributed by atoms with E-state index in [4.69, 9.17) is 5.73 Å². The first-order valence-corrected chi connectivity index (χ1v) is 5.76. The standard InChI is InChI=1S/C10H14F3N3O3/c11-10(12,13)9(19)3-4-16(5-9)6(17)8(1-2-8)15-7(14)18/h19H,1-5H2,(H3,14,15,18). The second kappa shape index (κ2) is 3.99. The van der Waals surface area contributed by atoms with Crippen molar-refractivity contribution in [2.75, 3.05) is 13.1 Å². The number of hydrogen-bond acceptors (Lipinski definition) is 3. The molecule has 0 bridgehead atoms. The van der Waals surface area contributed by atoms with Crippen molar-refractivity contribution in [1.82, 2.24) is 10.2 Å². The second-order valence-electron chi connectivity index (χ2n) is 5.08. The minimum Gasteiger partial charge on any atom is -0.379 e. The first-order chi connectivity index (χ1) is 8.60. The molecule has 1 saturated carbocycles. The average Bonchev–Trinajstić information content (AvgIpc) is 2.90. The molecule has 0 spiro atoms. The molecule has 1 atom stereocenters. The Morgan fingerprint density at radius 2 is 1.84 bits per heavy atom. The molecule has 0 aromatic heterocycles. The molecule has 1 saturated heterocycles. The Hall–Kier alpha value is -1.51. The van der Waals surface area contributed by atoms with Gasteiger partial charge in [-0.2, -0.15) is 13.2 Å². The molecule has 0 aromatic rings. The third-order valence-electron chi connectivity index (χ3n) is 3.58. The molecule has 2 fully saturated rings. The van der Waals surface area contributed by atoms with Crippen molar-refractivity contribution < 1.29 is 27.9 Å². The van der Waals surface area contributed by atoms with Gasteiger partial charge in [-0.25, -0.2) is 4.79 Å². The van der Waals surface area contributed by atoms with Gasteiger partial charge in [0, 0.05) is 13.0 Å². The maximum atomic E-state index is 12.6. The molecule has 3 amide bonds. The molecule has 0 aromatic carbocycles. The van der Waals surface area contributed by atoms with E-state index in [1.807, 2.05) is 0 Å². The van der Waals surface area contributed by atoms with E-state index >= 15 is 0 Å². The summed E-state index contributed by atoms with van der Waals surface area (Å²) in [5.74, 6) is -0.619. The first-order valence-electron chi connectivity index (χ1n) is 5.76. The van der Waals surface area contributed by atoms with E-state index in [2.05, 4.69) is 5.32 Å². The number of likely N-dealkylation sites (tertiary alicyclic amines) is 1. The number of rotatable bonds is 2. The fraction of sp³-hybridized carbons (Fsp3) is 0.800. The Kier molecular flexibility index (Phi) is 2.92. The van der Waals surface area contributed by atoms with Crippen LogP contribution in [-0.4, -0.2) is 52.4 Å². The average molecular weight is 281 g/mol. The molecular formula is C10H14F3N3O3. The minimum atomic E-state index is -4.78. The Balaban J connectivity index is 2.06. The van der Waals surface area contributed by atoms with Gasteiger partial charge in [-0.1, -0.05) is 0 Å². The number of urea groups is 1. The van der Waals surface area contributed by atoms with Crippen LogP contribution in [0.25, 0.3) is 0 Å². The van der Waals surface area contributed by atoms with Gasteiger partial charge in [0.05, 0.1) is 6.54 Å². The molecule has 1 aliphatic carbocycles. The number of carbonyl (C=O) groups excluding carboxylic acids is 2. The van der Waals surface area contributed by atoms with Gasteiger partial charge in [0.25, 0.3) is 0 Å². The van der Waals surface area contributed by atoms with E-state index in [-0.39, 0.29) is 6.54 Å². The summed E-state index contributed by atoms with van der Waals surface area (Å²) in [5.41, 5.74) is 0.880. The highest BCUT2D eigenvalue weighted by Gasteiger charge is 2.61. The highest BCUT2D eigenvalue weighted by atomic mass is 19.4. The number of nitrogens with zero attached hydrogens (tertiary/aromatic N) is 1. The summed E-state index contributed by atoms with van der Waals surface area (Å²) >= 11 is 0. The highest BCUT2D eigenvalue weighted by molar-refractivity contribution is 5.93. The van der Waals surface area contributed by atoms with Gasteiger partial charge in [0.1, 0.15) is 5.54 Å². The zero-order chi connectivity index (χ0) is 14.5. The zero-order valence-electron chi connectivity index (χ0n) is 9.96. The normalized spacial score (nSPS) is 29.2. The Labute approximate surface area is 106 Å². The monoisotopic (exact) mass is 281 g/mol. The van der Waals surface area contributed by atoms with Gasteiger partial charge in [0.2, 0.25) is 5.91 Å². The van der Waals surface area contributed by atoms with Crippen LogP contribution in [-0.2, 0) is 4.79 Å². The number of β-amino-alcohol motifs (C(OH)–C–C–N with tert-alkyl or cyclic N) is 1. The van der Waals surface area contributed by atoms with Crippen LogP contribution >= 0.6 is 0 Å². The molecule has 1 aliphatic heterocycles. The van der Waals surface area contributed by atoms with Crippen LogP contribution in [0.15, 0.2) is 0 Å². The summed E-state index contributed by atoms with van der Waals surface area (Å²) in [6.07, 6.45) is -4.66. The molecule has 0 radical (unpaired) electrons. The lowest BCUT2D eigenvalue weighted by Gasteiger charge is -2.27. The summed E-state index contributed by atoms with van der Waals surface area (Å²) in [6, 6.07) is -0.892. The Morgan fingerprint density at radius 3 is 2.21 bits per heavy atom. The van der Waals surface area contributed by atoms with Crippen molar-refractivity contribution in [3.63, 3.8) is 0 Å². The van der Waals surface area contributed by atoms with E-state index in [0.29, 0.717) is 12.8 Å². The SMILES string of the molecule is NC(=O)NC1(C(=O)N2CCC(O)(C(F)(F)F)C2)CC1. The summed E-state index contributed by atoms with van der Waals surface area (Å²) in [4.78, 5) is 23.8.